The number of rotatable bonds is 4. The van der Waals surface area contributed by atoms with Crippen LogP contribution in [0.15, 0.2) is 12.5 Å². The molecular weight excluding hydrogens is 224 g/mol. The predicted molar refractivity (Wildman–Crippen MR) is 71.0 cm³/mol. The van der Waals surface area contributed by atoms with Crippen LogP contribution >= 0.6 is 0 Å². The maximum atomic E-state index is 9.38. The van der Waals surface area contributed by atoms with Crippen LogP contribution in [0.5, 0.6) is 0 Å². The van der Waals surface area contributed by atoms with E-state index < -0.39 is 0 Å². The monoisotopic (exact) mass is 246 g/mol. The minimum atomic E-state index is -0.238. The number of hydrogen-bond donors (Lipinski definition) is 1. The first kappa shape index (κ1) is 13.1. The van der Waals surface area contributed by atoms with E-state index in [0.29, 0.717) is 12.1 Å². The zero-order valence-electron chi connectivity index (χ0n) is 11.3. The van der Waals surface area contributed by atoms with E-state index >= 15 is 0 Å². The fourth-order valence-electron chi connectivity index (χ4n) is 2.66. The molecular formula is C14H22N4. The van der Waals surface area contributed by atoms with E-state index in [-0.39, 0.29) is 6.04 Å². The van der Waals surface area contributed by atoms with E-state index in [4.69, 9.17) is 0 Å². The quantitative estimate of drug-likeness (QED) is 0.888. The van der Waals surface area contributed by atoms with Gasteiger partial charge in [-0.25, -0.2) is 4.98 Å². The summed E-state index contributed by atoms with van der Waals surface area (Å²) in [7, 11) is 0. The summed E-state index contributed by atoms with van der Waals surface area (Å²) < 4.78 is 2.07. The molecule has 1 atom stereocenters. The van der Waals surface area contributed by atoms with Crippen molar-refractivity contribution in [2.75, 3.05) is 0 Å². The SMILES string of the molecule is CC(C)n1cncc1C(C#N)NC1CCCCC1. The molecule has 0 aliphatic heterocycles. The van der Waals surface area contributed by atoms with Gasteiger partial charge >= 0.3 is 0 Å². The summed E-state index contributed by atoms with van der Waals surface area (Å²) in [6, 6.07) is 2.96. The zero-order valence-corrected chi connectivity index (χ0v) is 11.3. The molecule has 1 N–H and O–H groups in total. The van der Waals surface area contributed by atoms with E-state index in [1.807, 2.05) is 12.5 Å². The second-order valence-corrected chi connectivity index (χ2v) is 5.38. The van der Waals surface area contributed by atoms with Crippen molar-refractivity contribution in [3.63, 3.8) is 0 Å². The van der Waals surface area contributed by atoms with Gasteiger partial charge in [0, 0.05) is 12.1 Å². The maximum Gasteiger partial charge on any atom is 0.138 e. The Kier molecular flexibility index (Phi) is 4.38. The highest BCUT2D eigenvalue weighted by molar-refractivity contribution is 5.15. The Morgan fingerprint density at radius 1 is 1.39 bits per heavy atom. The average molecular weight is 246 g/mol. The molecule has 0 aromatic carbocycles. The summed E-state index contributed by atoms with van der Waals surface area (Å²) in [5, 5.41) is 12.9. The Bertz CT molecular complexity index is 410. The second-order valence-electron chi connectivity index (χ2n) is 5.38. The van der Waals surface area contributed by atoms with E-state index in [9.17, 15) is 5.26 Å². The standard InChI is InChI=1S/C14H22N4/c1-11(2)18-10-16-9-14(18)13(8-15)17-12-6-4-3-5-7-12/h9-13,17H,3-7H2,1-2H3. The molecule has 18 heavy (non-hydrogen) atoms. The molecule has 1 aliphatic rings. The van der Waals surface area contributed by atoms with Crippen molar-refractivity contribution in [2.24, 2.45) is 0 Å². The molecule has 1 aliphatic carbocycles. The van der Waals surface area contributed by atoms with Crippen molar-refractivity contribution in [3.05, 3.63) is 18.2 Å². The number of hydrogen-bond acceptors (Lipinski definition) is 3. The van der Waals surface area contributed by atoms with Gasteiger partial charge in [0.1, 0.15) is 6.04 Å². The number of nitriles is 1. The number of imidazole rings is 1. The summed E-state index contributed by atoms with van der Waals surface area (Å²) in [4.78, 5) is 4.18. The van der Waals surface area contributed by atoms with Gasteiger partial charge in [0.25, 0.3) is 0 Å². The third kappa shape index (κ3) is 2.91. The van der Waals surface area contributed by atoms with E-state index in [1.165, 1.54) is 32.1 Å². The summed E-state index contributed by atoms with van der Waals surface area (Å²) in [6.45, 7) is 4.22. The van der Waals surface area contributed by atoms with Gasteiger partial charge in [-0.05, 0) is 26.7 Å². The van der Waals surface area contributed by atoms with Gasteiger partial charge in [0.15, 0.2) is 0 Å². The summed E-state index contributed by atoms with van der Waals surface area (Å²) in [5.41, 5.74) is 0.984. The summed E-state index contributed by atoms with van der Waals surface area (Å²) in [5.74, 6) is 0. The minimum Gasteiger partial charge on any atom is -0.330 e. The van der Waals surface area contributed by atoms with E-state index in [2.05, 4.69) is 34.8 Å². The van der Waals surface area contributed by atoms with Gasteiger partial charge in [-0.15, -0.1) is 0 Å². The second kappa shape index (κ2) is 6.01. The highest BCUT2D eigenvalue weighted by Crippen LogP contribution is 2.22. The van der Waals surface area contributed by atoms with Crippen molar-refractivity contribution < 1.29 is 0 Å². The van der Waals surface area contributed by atoms with Crippen LogP contribution in [0, 0.1) is 11.3 Å². The Balaban J connectivity index is 2.08. The molecule has 1 saturated carbocycles. The van der Waals surface area contributed by atoms with Gasteiger partial charge in [-0.1, -0.05) is 19.3 Å². The first-order valence-corrected chi connectivity index (χ1v) is 6.89. The van der Waals surface area contributed by atoms with Gasteiger partial charge in [-0.2, -0.15) is 5.26 Å². The topological polar surface area (TPSA) is 53.6 Å². The van der Waals surface area contributed by atoms with Crippen molar-refractivity contribution in [1.82, 2.24) is 14.9 Å². The first-order valence-electron chi connectivity index (χ1n) is 6.89. The van der Waals surface area contributed by atoms with Gasteiger partial charge < -0.3 is 4.57 Å². The highest BCUT2D eigenvalue weighted by atomic mass is 15.1. The minimum absolute atomic E-state index is 0.238. The largest absolute Gasteiger partial charge is 0.330 e. The fourth-order valence-corrected chi connectivity index (χ4v) is 2.66. The fraction of sp³-hybridized carbons (Fsp3) is 0.714. The van der Waals surface area contributed by atoms with Crippen LogP contribution in [0.1, 0.15) is 63.7 Å². The Labute approximate surface area is 109 Å². The predicted octanol–water partition coefficient (Wildman–Crippen LogP) is 2.95. The number of aromatic nitrogens is 2. The zero-order chi connectivity index (χ0) is 13.0. The molecule has 1 heterocycles. The maximum absolute atomic E-state index is 9.38. The van der Waals surface area contributed by atoms with Crippen molar-refractivity contribution in [2.45, 2.75) is 64.1 Å². The number of nitrogens with one attached hydrogen (secondary N) is 1. The lowest BCUT2D eigenvalue weighted by Crippen LogP contribution is -2.34. The average Bonchev–Trinajstić information content (AvgIpc) is 2.86. The highest BCUT2D eigenvalue weighted by Gasteiger charge is 2.21. The lowest BCUT2D eigenvalue weighted by atomic mass is 9.94. The molecule has 4 nitrogen and oxygen atoms in total. The third-order valence-corrected chi connectivity index (χ3v) is 3.68. The van der Waals surface area contributed by atoms with Gasteiger partial charge in [-0.3, -0.25) is 5.32 Å². The van der Waals surface area contributed by atoms with Crippen LogP contribution in [0.25, 0.3) is 0 Å². The van der Waals surface area contributed by atoms with Crippen LogP contribution in [-0.4, -0.2) is 15.6 Å². The Hall–Kier alpha value is -1.34. The van der Waals surface area contributed by atoms with Gasteiger partial charge in [0.05, 0.1) is 24.3 Å². The summed E-state index contributed by atoms with van der Waals surface area (Å²) in [6.07, 6.45) is 9.89. The van der Waals surface area contributed by atoms with Crippen molar-refractivity contribution >= 4 is 0 Å². The molecule has 0 spiro atoms. The lowest BCUT2D eigenvalue weighted by Gasteiger charge is -2.26. The van der Waals surface area contributed by atoms with Crippen LogP contribution in [0.3, 0.4) is 0 Å². The molecule has 0 amide bonds. The molecule has 4 heteroatoms. The molecule has 1 aromatic heterocycles. The molecule has 0 saturated heterocycles. The van der Waals surface area contributed by atoms with Crippen LogP contribution in [0.4, 0.5) is 0 Å². The van der Waals surface area contributed by atoms with Crippen LogP contribution in [-0.2, 0) is 0 Å². The van der Waals surface area contributed by atoms with Crippen LogP contribution in [0.2, 0.25) is 0 Å². The Morgan fingerprint density at radius 2 is 2.11 bits per heavy atom. The smallest absolute Gasteiger partial charge is 0.138 e. The first-order chi connectivity index (χ1) is 8.72. The Morgan fingerprint density at radius 3 is 2.72 bits per heavy atom. The molecule has 2 rings (SSSR count). The van der Waals surface area contributed by atoms with E-state index in [0.717, 1.165) is 5.69 Å². The normalized spacial score (nSPS) is 18.8. The molecule has 0 bridgehead atoms. The van der Waals surface area contributed by atoms with E-state index in [1.54, 1.807) is 0 Å². The third-order valence-electron chi connectivity index (χ3n) is 3.68. The molecule has 98 valence electrons. The molecule has 0 radical (unpaired) electrons. The van der Waals surface area contributed by atoms with Crippen molar-refractivity contribution in [1.29, 1.82) is 5.26 Å². The molecule has 1 fully saturated rings. The van der Waals surface area contributed by atoms with Crippen molar-refractivity contribution in [3.8, 4) is 6.07 Å². The number of nitrogens with zero attached hydrogens (tertiary/aromatic N) is 3. The molecule has 1 aromatic rings. The summed E-state index contributed by atoms with van der Waals surface area (Å²) >= 11 is 0. The lowest BCUT2D eigenvalue weighted by molar-refractivity contribution is 0.353. The van der Waals surface area contributed by atoms with Crippen LogP contribution < -0.4 is 5.32 Å². The molecule has 1 unspecified atom stereocenters. The van der Waals surface area contributed by atoms with Gasteiger partial charge in [0.2, 0.25) is 0 Å².